The Hall–Kier alpha value is -1.63. The molecule has 0 aromatic rings. The fourth-order valence-corrected chi connectivity index (χ4v) is 8.85. The fraction of sp³-hybridized carbons (Fsp3) is 0.942. The minimum absolute atomic E-state index is 0.00956. The first kappa shape index (κ1) is 55.4. The number of nitrogens with zero attached hydrogens (tertiary/aromatic N) is 1. The fourth-order valence-electron chi connectivity index (χ4n) is 8.85. The van der Waals surface area contributed by atoms with Crippen LogP contribution in [0.15, 0.2) is 0 Å². The molecule has 7 nitrogen and oxygen atoms in total. The van der Waals surface area contributed by atoms with Crippen molar-refractivity contribution < 1.29 is 28.6 Å². The van der Waals surface area contributed by atoms with E-state index >= 15 is 0 Å². The van der Waals surface area contributed by atoms with Gasteiger partial charge in [0.05, 0.1) is 13.2 Å². The first-order valence-electron chi connectivity index (χ1n) is 26.1. The topological polar surface area (TPSA) is 82.1 Å². The lowest BCUT2D eigenvalue weighted by Crippen LogP contribution is -2.31. The van der Waals surface area contributed by atoms with Crippen LogP contribution in [-0.4, -0.2) is 61.8 Å². The summed E-state index contributed by atoms with van der Waals surface area (Å²) in [6.45, 7) is 13.5. The number of carbonyl (C=O) groups excluding carboxylic acids is 3. The number of esters is 3. The van der Waals surface area contributed by atoms with Crippen LogP contribution in [0.2, 0.25) is 0 Å². The molecule has 1 saturated heterocycles. The zero-order valence-electron chi connectivity index (χ0n) is 39.8. The standard InChI is InChI=1S/C52H99NO6/c1-5-9-31-47(32-10-6-2)40-45-57-50(54)37-26-21-17-13-15-19-24-35-49(59-52(56)39-30-44-53-42-28-23-29-43-53)36-25-20-16-14-18-22-27-38-51(55)58-46-41-48(33-11-7-3)34-12-8-4/h47-49H,5-46H2,1-4H3. The van der Waals surface area contributed by atoms with E-state index in [-0.39, 0.29) is 24.0 Å². The molecule has 0 saturated carbocycles. The molecule has 0 unspecified atom stereocenters. The van der Waals surface area contributed by atoms with Gasteiger partial charge >= 0.3 is 17.9 Å². The predicted octanol–water partition coefficient (Wildman–Crippen LogP) is 15.0. The lowest BCUT2D eigenvalue weighted by molar-refractivity contribution is -0.150. The van der Waals surface area contributed by atoms with Gasteiger partial charge in [-0.25, -0.2) is 0 Å². The summed E-state index contributed by atoms with van der Waals surface area (Å²) in [6, 6.07) is 0. The zero-order chi connectivity index (χ0) is 42.9. The average Bonchev–Trinajstić information content (AvgIpc) is 3.24. The monoisotopic (exact) mass is 834 g/mol. The van der Waals surface area contributed by atoms with Gasteiger partial charge in [-0.3, -0.25) is 14.4 Å². The van der Waals surface area contributed by atoms with Crippen molar-refractivity contribution in [2.45, 2.75) is 271 Å². The molecule has 1 rings (SSSR count). The summed E-state index contributed by atoms with van der Waals surface area (Å²) < 4.78 is 17.3. The van der Waals surface area contributed by atoms with Gasteiger partial charge in [0.25, 0.3) is 0 Å². The highest BCUT2D eigenvalue weighted by atomic mass is 16.5. The van der Waals surface area contributed by atoms with Gasteiger partial charge in [0.15, 0.2) is 0 Å². The highest BCUT2D eigenvalue weighted by Crippen LogP contribution is 2.22. The Bertz CT molecular complexity index is 879. The van der Waals surface area contributed by atoms with Crippen LogP contribution < -0.4 is 0 Å². The number of hydrogen-bond donors (Lipinski definition) is 0. The van der Waals surface area contributed by atoms with Gasteiger partial charge in [-0.05, 0) is 102 Å². The van der Waals surface area contributed by atoms with Crippen LogP contribution in [0.1, 0.15) is 265 Å². The Morgan fingerprint density at radius 1 is 0.407 bits per heavy atom. The second-order valence-electron chi connectivity index (χ2n) is 18.5. The van der Waals surface area contributed by atoms with Crippen molar-refractivity contribution in [3.63, 3.8) is 0 Å². The minimum Gasteiger partial charge on any atom is -0.466 e. The summed E-state index contributed by atoms with van der Waals surface area (Å²) in [4.78, 5) is 40.0. The smallest absolute Gasteiger partial charge is 0.306 e. The molecule has 0 spiro atoms. The molecule has 0 aliphatic carbocycles. The minimum atomic E-state index is -0.0185. The molecule has 1 heterocycles. The van der Waals surface area contributed by atoms with Gasteiger partial charge in [0.1, 0.15) is 6.10 Å². The second-order valence-corrected chi connectivity index (χ2v) is 18.5. The van der Waals surface area contributed by atoms with Crippen molar-refractivity contribution in [3.05, 3.63) is 0 Å². The molecule has 7 heteroatoms. The number of hydrogen-bond acceptors (Lipinski definition) is 7. The van der Waals surface area contributed by atoms with E-state index in [9.17, 15) is 14.4 Å². The van der Waals surface area contributed by atoms with Crippen molar-refractivity contribution in [1.82, 2.24) is 4.90 Å². The number of unbranched alkanes of at least 4 members (excludes halogenated alkanes) is 16. The summed E-state index contributed by atoms with van der Waals surface area (Å²) >= 11 is 0. The Morgan fingerprint density at radius 2 is 0.780 bits per heavy atom. The molecule has 0 aromatic carbocycles. The van der Waals surface area contributed by atoms with E-state index < -0.39 is 0 Å². The van der Waals surface area contributed by atoms with E-state index in [1.165, 1.54) is 161 Å². The normalized spacial score (nSPS) is 13.5. The van der Waals surface area contributed by atoms with Crippen molar-refractivity contribution in [2.75, 3.05) is 32.8 Å². The summed E-state index contributed by atoms with van der Waals surface area (Å²) in [6.07, 6.45) is 41.3. The Balaban J connectivity index is 2.24. The van der Waals surface area contributed by atoms with Crippen LogP contribution >= 0.6 is 0 Å². The van der Waals surface area contributed by atoms with Gasteiger partial charge in [0.2, 0.25) is 0 Å². The third-order valence-electron chi connectivity index (χ3n) is 12.9. The predicted molar refractivity (Wildman–Crippen MR) is 249 cm³/mol. The van der Waals surface area contributed by atoms with Crippen LogP contribution in [0.25, 0.3) is 0 Å². The van der Waals surface area contributed by atoms with Crippen molar-refractivity contribution in [1.29, 1.82) is 0 Å². The van der Waals surface area contributed by atoms with Crippen LogP contribution in [0.5, 0.6) is 0 Å². The summed E-state index contributed by atoms with van der Waals surface area (Å²) in [5, 5.41) is 0. The largest absolute Gasteiger partial charge is 0.466 e. The number of likely N-dealkylation sites (tertiary alicyclic amines) is 1. The summed E-state index contributed by atoms with van der Waals surface area (Å²) in [7, 11) is 0. The lowest BCUT2D eigenvalue weighted by atomic mass is 9.93. The third kappa shape index (κ3) is 35.6. The Kier molecular flexibility index (Phi) is 39.2. The summed E-state index contributed by atoms with van der Waals surface area (Å²) in [5.74, 6) is 1.36. The molecule has 0 amide bonds. The molecule has 0 atom stereocenters. The van der Waals surface area contributed by atoms with E-state index in [2.05, 4.69) is 32.6 Å². The number of rotatable bonds is 43. The Labute approximate surface area is 366 Å². The average molecular weight is 834 g/mol. The maximum Gasteiger partial charge on any atom is 0.306 e. The van der Waals surface area contributed by atoms with E-state index in [0.717, 1.165) is 77.2 Å². The molecule has 1 aliphatic rings. The van der Waals surface area contributed by atoms with Crippen molar-refractivity contribution >= 4 is 17.9 Å². The summed E-state index contributed by atoms with van der Waals surface area (Å²) in [5.41, 5.74) is 0. The van der Waals surface area contributed by atoms with Gasteiger partial charge in [-0.1, -0.05) is 175 Å². The first-order chi connectivity index (χ1) is 28.9. The van der Waals surface area contributed by atoms with Gasteiger partial charge in [-0.2, -0.15) is 0 Å². The molecule has 1 aliphatic heterocycles. The van der Waals surface area contributed by atoms with Gasteiger partial charge < -0.3 is 19.1 Å². The molecule has 0 bridgehead atoms. The van der Waals surface area contributed by atoms with Gasteiger partial charge in [-0.15, -0.1) is 0 Å². The highest BCUT2D eigenvalue weighted by molar-refractivity contribution is 5.70. The molecular weight excluding hydrogens is 735 g/mol. The highest BCUT2D eigenvalue weighted by Gasteiger charge is 2.17. The molecule has 0 N–H and O–H groups in total. The van der Waals surface area contributed by atoms with E-state index in [1.807, 2.05) is 0 Å². The van der Waals surface area contributed by atoms with E-state index in [1.54, 1.807) is 0 Å². The van der Waals surface area contributed by atoms with Crippen LogP contribution in [0.4, 0.5) is 0 Å². The van der Waals surface area contributed by atoms with Crippen molar-refractivity contribution in [3.8, 4) is 0 Å². The molecule has 0 radical (unpaired) electrons. The maximum atomic E-state index is 12.9. The number of carbonyl (C=O) groups is 3. The van der Waals surface area contributed by atoms with Crippen LogP contribution in [-0.2, 0) is 28.6 Å². The van der Waals surface area contributed by atoms with E-state index in [4.69, 9.17) is 14.2 Å². The molecule has 0 aromatic heterocycles. The second kappa shape index (κ2) is 41.7. The number of piperidine rings is 1. The third-order valence-corrected chi connectivity index (χ3v) is 12.9. The SMILES string of the molecule is CCCCC(CCCC)CCOC(=O)CCCCCCCCCC(CCCCCCCCCC(=O)OCCC(CCCC)CCCC)OC(=O)CCCN1CCCCC1. The maximum absolute atomic E-state index is 12.9. The molecule has 1 fully saturated rings. The molecule has 348 valence electrons. The molecular formula is C52H99NO6. The molecule has 59 heavy (non-hydrogen) atoms. The van der Waals surface area contributed by atoms with E-state index in [0.29, 0.717) is 44.3 Å². The zero-order valence-corrected chi connectivity index (χ0v) is 39.8. The van der Waals surface area contributed by atoms with Gasteiger partial charge in [0, 0.05) is 19.3 Å². The quantitative estimate of drug-likeness (QED) is 0.0344. The number of ether oxygens (including phenoxy) is 3. The Morgan fingerprint density at radius 3 is 1.19 bits per heavy atom. The van der Waals surface area contributed by atoms with Crippen LogP contribution in [0.3, 0.4) is 0 Å². The van der Waals surface area contributed by atoms with Crippen LogP contribution in [0, 0.1) is 11.8 Å². The first-order valence-corrected chi connectivity index (χ1v) is 26.1. The van der Waals surface area contributed by atoms with Crippen molar-refractivity contribution in [2.24, 2.45) is 11.8 Å². The lowest BCUT2D eigenvalue weighted by Gasteiger charge is -2.26.